The third kappa shape index (κ3) is 3.46. The molecular formula is C21H28FNO3. The minimum absolute atomic E-state index is 0.133. The average molecular weight is 361 g/mol. The maximum absolute atomic E-state index is 13.2. The van der Waals surface area contributed by atoms with Gasteiger partial charge in [-0.3, -0.25) is 4.79 Å². The van der Waals surface area contributed by atoms with E-state index in [2.05, 4.69) is 4.90 Å². The Morgan fingerprint density at radius 3 is 2.54 bits per heavy atom. The lowest BCUT2D eigenvalue weighted by Crippen LogP contribution is -2.50. The minimum Gasteiger partial charge on any atom is -0.491 e. The molecule has 5 heteroatoms. The van der Waals surface area contributed by atoms with E-state index in [1.165, 1.54) is 18.6 Å². The number of fused-ring (bicyclic) bond motifs is 2. The molecule has 1 aliphatic heterocycles. The first kappa shape index (κ1) is 17.8. The average Bonchev–Trinajstić information content (AvgIpc) is 3.28. The summed E-state index contributed by atoms with van der Waals surface area (Å²) < 4.78 is 24.4. The smallest absolute Gasteiger partial charge is 0.226 e. The van der Waals surface area contributed by atoms with Crippen molar-refractivity contribution in [3.8, 4) is 5.75 Å². The lowest BCUT2D eigenvalue weighted by molar-refractivity contribution is -0.142. The molecule has 3 aliphatic rings. The van der Waals surface area contributed by atoms with E-state index in [-0.39, 0.29) is 17.8 Å². The normalized spacial score (nSPS) is 33.5. The molecule has 1 saturated heterocycles. The predicted octanol–water partition coefficient (Wildman–Crippen LogP) is 3.79. The van der Waals surface area contributed by atoms with Crippen LogP contribution in [0.4, 0.5) is 4.39 Å². The molecule has 26 heavy (non-hydrogen) atoms. The summed E-state index contributed by atoms with van der Waals surface area (Å²) in [6.45, 7) is 0.506. The van der Waals surface area contributed by atoms with E-state index < -0.39 is 0 Å². The fourth-order valence-corrected chi connectivity index (χ4v) is 5.12. The van der Waals surface area contributed by atoms with Crippen LogP contribution in [0.5, 0.6) is 5.75 Å². The van der Waals surface area contributed by atoms with Crippen LogP contribution in [0.2, 0.25) is 0 Å². The molecule has 1 aromatic rings. The van der Waals surface area contributed by atoms with Gasteiger partial charge in [0.2, 0.25) is 5.91 Å². The van der Waals surface area contributed by atoms with Crippen molar-refractivity contribution in [2.24, 2.45) is 11.8 Å². The Balaban J connectivity index is 1.40. The molecule has 4 rings (SSSR count). The highest BCUT2D eigenvalue weighted by molar-refractivity contribution is 5.80. The molecule has 0 spiro atoms. The molecule has 2 bridgehead atoms. The summed E-state index contributed by atoms with van der Waals surface area (Å²) >= 11 is 0. The van der Waals surface area contributed by atoms with Gasteiger partial charge in [-0.05, 0) is 75.1 Å². The molecule has 0 aromatic heterocycles. The summed E-state index contributed by atoms with van der Waals surface area (Å²) in [6.07, 6.45) is 7.53. The van der Waals surface area contributed by atoms with Crippen molar-refractivity contribution in [3.05, 3.63) is 30.1 Å². The Kier molecular flexibility index (Phi) is 5.16. The molecule has 0 N–H and O–H groups in total. The molecule has 2 aliphatic carbocycles. The third-order valence-electron chi connectivity index (χ3n) is 6.59. The number of ether oxygens (including phenoxy) is 2. The van der Waals surface area contributed by atoms with E-state index in [4.69, 9.17) is 9.47 Å². The van der Waals surface area contributed by atoms with E-state index in [0.29, 0.717) is 36.3 Å². The van der Waals surface area contributed by atoms with E-state index in [1.807, 2.05) is 0 Å². The van der Waals surface area contributed by atoms with Crippen LogP contribution < -0.4 is 4.74 Å². The molecule has 4 nitrogen and oxygen atoms in total. The second kappa shape index (κ2) is 7.55. The maximum Gasteiger partial charge on any atom is 0.226 e. The van der Waals surface area contributed by atoms with Gasteiger partial charge in [0.1, 0.15) is 18.2 Å². The van der Waals surface area contributed by atoms with Gasteiger partial charge in [-0.2, -0.15) is 0 Å². The van der Waals surface area contributed by atoms with Gasteiger partial charge in [-0.25, -0.2) is 4.39 Å². The number of nitrogens with zero attached hydrogens (tertiary/aromatic N) is 1. The van der Waals surface area contributed by atoms with Crippen molar-refractivity contribution >= 4 is 5.91 Å². The van der Waals surface area contributed by atoms with Crippen LogP contribution in [0.15, 0.2) is 24.3 Å². The number of piperidine rings is 1. The van der Waals surface area contributed by atoms with Gasteiger partial charge >= 0.3 is 0 Å². The first-order valence-electron chi connectivity index (χ1n) is 9.89. The van der Waals surface area contributed by atoms with Crippen molar-refractivity contribution in [1.82, 2.24) is 4.90 Å². The summed E-state index contributed by atoms with van der Waals surface area (Å²) in [5, 5.41) is 0. The number of likely N-dealkylation sites (tertiary alicyclic amines) is 1. The first-order valence-corrected chi connectivity index (χ1v) is 9.89. The quantitative estimate of drug-likeness (QED) is 0.801. The molecule has 2 saturated carbocycles. The largest absolute Gasteiger partial charge is 0.491 e. The SMILES string of the molecule is COC1CCC(C(=O)N2C3CCC(C3)[C@@H]2COc2ccc(F)cc2)CC1. The van der Waals surface area contributed by atoms with Crippen LogP contribution in [0.25, 0.3) is 0 Å². The van der Waals surface area contributed by atoms with Crippen LogP contribution in [0.1, 0.15) is 44.9 Å². The fourth-order valence-electron chi connectivity index (χ4n) is 5.12. The van der Waals surface area contributed by atoms with Crippen LogP contribution in [-0.4, -0.2) is 42.7 Å². The lowest BCUT2D eigenvalue weighted by atomic mass is 9.85. The highest BCUT2D eigenvalue weighted by Gasteiger charge is 2.49. The van der Waals surface area contributed by atoms with Crippen molar-refractivity contribution in [1.29, 1.82) is 0 Å². The molecule has 3 atom stereocenters. The summed E-state index contributed by atoms with van der Waals surface area (Å²) in [5.74, 6) is 1.40. The number of hydrogen-bond acceptors (Lipinski definition) is 3. The zero-order valence-electron chi connectivity index (χ0n) is 15.4. The van der Waals surface area contributed by atoms with E-state index >= 15 is 0 Å². The Morgan fingerprint density at radius 1 is 1.12 bits per heavy atom. The topological polar surface area (TPSA) is 38.8 Å². The molecule has 1 amide bonds. The Bertz CT molecular complexity index is 627. The Morgan fingerprint density at radius 2 is 1.85 bits per heavy atom. The number of methoxy groups -OCH3 is 1. The van der Waals surface area contributed by atoms with Gasteiger partial charge in [-0.15, -0.1) is 0 Å². The highest BCUT2D eigenvalue weighted by atomic mass is 19.1. The molecule has 1 heterocycles. The molecule has 3 fully saturated rings. The van der Waals surface area contributed by atoms with E-state index in [1.54, 1.807) is 19.2 Å². The second-order valence-electron chi connectivity index (χ2n) is 8.01. The third-order valence-corrected chi connectivity index (χ3v) is 6.59. The van der Waals surface area contributed by atoms with Crippen LogP contribution in [-0.2, 0) is 9.53 Å². The van der Waals surface area contributed by atoms with Crippen LogP contribution >= 0.6 is 0 Å². The Hall–Kier alpha value is -1.62. The Labute approximate surface area is 154 Å². The fraction of sp³-hybridized carbons (Fsp3) is 0.667. The second-order valence-corrected chi connectivity index (χ2v) is 8.01. The van der Waals surface area contributed by atoms with Crippen molar-refractivity contribution in [2.45, 2.75) is 63.1 Å². The minimum atomic E-state index is -0.263. The van der Waals surface area contributed by atoms with Crippen molar-refractivity contribution < 1.29 is 18.7 Å². The predicted molar refractivity (Wildman–Crippen MR) is 96.4 cm³/mol. The number of rotatable bonds is 5. The van der Waals surface area contributed by atoms with E-state index in [9.17, 15) is 9.18 Å². The number of benzene rings is 1. The zero-order chi connectivity index (χ0) is 18.1. The molecule has 2 unspecified atom stereocenters. The number of amides is 1. The molecule has 1 aromatic carbocycles. The summed E-state index contributed by atoms with van der Waals surface area (Å²) in [5.41, 5.74) is 0. The van der Waals surface area contributed by atoms with Crippen molar-refractivity contribution in [2.75, 3.05) is 13.7 Å². The van der Waals surface area contributed by atoms with Gasteiger partial charge < -0.3 is 14.4 Å². The number of hydrogen-bond donors (Lipinski definition) is 0. The van der Waals surface area contributed by atoms with Gasteiger partial charge in [-0.1, -0.05) is 0 Å². The maximum atomic E-state index is 13.2. The van der Waals surface area contributed by atoms with Gasteiger partial charge in [0.25, 0.3) is 0 Å². The van der Waals surface area contributed by atoms with Crippen LogP contribution in [0.3, 0.4) is 0 Å². The van der Waals surface area contributed by atoms with Crippen LogP contribution in [0, 0.1) is 17.7 Å². The monoisotopic (exact) mass is 361 g/mol. The molecule has 142 valence electrons. The summed E-state index contributed by atoms with van der Waals surface area (Å²) in [4.78, 5) is 15.4. The molecule has 0 radical (unpaired) electrons. The van der Waals surface area contributed by atoms with Crippen molar-refractivity contribution in [3.63, 3.8) is 0 Å². The standard InChI is InChI=1S/C21H28FNO3/c1-25-18-8-3-14(4-9-18)21(24)23-17-7-2-15(12-17)20(23)13-26-19-10-5-16(22)6-11-19/h5-6,10-11,14-15,17-18,20H,2-4,7-9,12-13H2,1H3/t14?,15?,17?,18?,20-/m0/s1. The zero-order valence-corrected chi connectivity index (χ0v) is 15.4. The van der Waals surface area contributed by atoms with Gasteiger partial charge in [0.15, 0.2) is 0 Å². The first-order chi connectivity index (χ1) is 12.7. The van der Waals surface area contributed by atoms with E-state index in [0.717, 1.165) is 38.5 Å². The van der Waals surface area contributed by atoms with Gasteiger partial charge in [0.05, 0.1) is 12.1 Å². The highest BCUT2D eigenvalue weighted by Crippen LogP contribution is 2.44. The molecular weight excluding hydrogens is 333 g/mol. The number of carbonyl (C=O) groups is 1. The van der Waals surface area contributed by atoms with Gasteiger partial charge in [0, 0.05) is 19.1 Å². The number of halogens is 1. The summed E-state index contributed by atoms with van der Waals surface area (Å²) in [7, 11) is 1.76. The number of carbonyl (C=O) groups excluding carboxylic acids is 1. The lowest BCUT2D eigenvalue weighted by Gasteiger charge is -2.39. The summed E-state index contributed by atoms with van der Waals surface area (Å²) in [6, 6.07) is 6.67.